The number of fused-ring (bicyclic) bond motifs is 3. The molecule has 11 nitrogen and oxygen atoms in total. The fraction of sp³-hybridized carbons (Fsp3) is 0.375. The lowest BCUT2D eigenvalue weighted by molar-refractivity contribution is 0.136. The van der Waals surface area contributed by atoms with Crippen LogP contribution in [0.5, 0.6) is 5.88 Å². The minimum absolute atomic E-state index is 0.00345. The second-order valence-corrected chi connectivity index (χ2v) is 11.6. The molecule has 2 aromatic heterocycles. The molecule has 37 heavy (non-hydrogen) atoms. The quantitative estimate of drug-likeness (QED) is 0.434. The molecule has 6 rings (SSSR count). The number of aromatic nitrogens is 2. The molecule has 0 spiro atoms. The van der Waals surface area contributed by atoms with E-state index in [0.717, 1.165) is 5.56 Å². The lowest BCUT2D eigenvalue weighted by atomic mass is 9.97. The molecule has 1 amide bonds. The smallest absolute Gasteiger partial charge is 0.413 e. The molecule has 1 aromatic carbocycles. The number of nitrogen functional groups attached to an aromatic ring is 1. The minimum Gasteiger partial charge on any atom is -0.474 e. The second-order valence-electron chi connectivity index (χ2n) is 9.60. The first-order valence-corrected chi connectivity index (χ1v) is 13.6. The van der Waals surface area contributed by atoms with Gasteiger partial charge >= 0.3 is 6.09 Å². The van der Waals surface area contributed by atoms with Crippen LogP contribution in [-0.4, -0.2) is 67.4 Å². The standard InChI is InChI=1S/C24H25FN6O5S/c1-11-14(7-29-23-21(11)27-3-4-35-23)13-5-12-6-18(28-8-15(12)20(26)19(13)25)30-24(32)36-22-16-9-31(10-17(16)22)37(2,33)34/h5-8,16-17,22,27H,3-4,9-10,26H2,1-2H3,(H,28,30,32). The average molecular weight is 529 g/mol. The van der Waals surface area contributed by atoms with Crippen molar-refractivity contribution in [1.82, 2.24) is 14.3 Å². The minimum atomic E-state index is -3.25. The van der Waals surface area contributed by atoms with Crippen molar-refractivity contribution >= 4 is 44.1 Å². The molecule has 2 unspecified atom stereocenters. The van der Waals surface area contributed by atoms with E-state index in [0.29, 0.717) is 54.1 Å². The maximum absolute atomic E-state index is 15.3. The van der Waals surface area contributed by atoms with Gasteiger partial charge in [-0.1, -0.05) is 0 Å². The number of carbonyl (C=O) groups is 1. The third kappa shape index (κ3) is 4.07. The number of nitrogens with two attached hydrogens (primary N) is 1. The zero-order valence-corrected chi connectivity index (χ0v) is 20.9. The summed E-state index contributed by atoms with van der Waals surface area (Å²) in [5.41, 5.74) is 8.40. The van der Waals surface area contributed by atoms with Crippen LogP contribution in [0.3, 0.4) is 0 Å². The molecule has 1 saturated heterocycles. The van der Waals surface area contributed by atoms with E-state index in [4.69, 9.17) is 15.2 Å². The first kappa shape index (κ1) is 23.7. The highest BCUT2D eigenvalue weighted by Gasteiger charge is 2.60. The number of sulfonamides is 1. The number of hydrogen-bond acceptors (Lipinski definition) is 9. The van der Waals surface area contributed by atoms with Crippen molar-refractivity contribution in [2.24, 2.45) is 11.8 Å². The molecule has 13 heteroatoms. The maximum atomic E-state index is 15.3. The van der Waals surface area contributed by atoms with Gasteiger partial charge in [-0.2, -0.15) is 0 Å². The molecule has 2 fully saturated rings. The van der Waals surface area contributed by atoms with Gasteiger partial charge in [0.05, 0.1) is 11.9 Å². The molecule has 0 radical (unpaired) electrons. The van der Waals surface area contributed by atoms with E-state index in [1.54, 1.807) is 18.3 Å². The highest BCUT2D eigenvalue weighted by molar-refractivity contribution is 7.88. The lowest BCUT2D eigenvalue weighted by Gasteiger charge is -2.22. The highest BCUT2D eigenvalue weighted by atomic mass is 32.2. The Labute approximate surface area is 212 Å². The van der Waals surface area contributed by atoms with Gasteiger partial charge in [-0.15, -0.1) is 0 Å². The first-order valence-electron chi connectivity index (χ1n) is 11.8. The number of halogens is 1. The van der Waals surface area contributed by atoms with Crippen LogP contribution in [0, 0.1) is 24.6 Å². The Balaban J connectivity index is 1.23. The third-order valence-electron chi connectivity index (χ3n) is 7.26. The van der Waals surface area contributed by atoms with Crippen LogP contribution in [0.4, 0.5) is 26.4 Å². The molecule has 4 N–H and O–H groups in total. The van der Waals surface area contributed by atoms with Gasteiger partial charge in [-0.05, 0) is 30.0 Å². The summed E-state index contributed by atoms with van der Waals surface area (Å²) in [6.07, 6.45) is 3.11. The Morgan fingerprint density at radius 1 is 1.24 bits per heavy atom. The molecule has 1 saturated carbocycles. The number of anilines is 3. The number of nitrogens with zero attached hydrogens (tertiary/aromatic N) is 3. The number of amides is 1. The topological polar surface area (TPSA) is 149 Å². The summed E-state index contributed by atoms with van der Waals surface area (Å²) < 4.78 is 51.1. The summed E-state index contributed by atoms with van der Waals surface area (Å²) in [7, 11) is -3.25. The van der Waals surface area contributed by atoms with Gasteiger partial charge in [0.1, 0.15) is 24.2 Å². The van der Waals surface area contributed by atoms with Gasteiger partial charge in [-0.25, -0.2) is 31.9 Å². The number of benzene rings is 1. The number of pyridine rings is 2. The van der Waals surface area contributed by atoms with E-state index in [9.17, 15) is 13.2 Å². The van der Waals surface area contributed by atoms with E-state index < -0.39 is 21.9 Å². The molecule has 4 heterocycles. The predicted octanol–water partition coefficient (Wildman–Crippen LogP) is 2.57. The van der Waals surface area contributed by atoms with Crippen LogP contribution in [0.2, 0.25) is 0 Å². The van der Waals surface area contributed by atoms with Gasteiger partial charge in [0.25, 0.3) is 0 Å². The first-order chi connectivity index (χ1) is 17.6. The average Bonchev–Trinajstić information content (AvgIpc) is 3.27. The fourth-order valence-corrected chi connectivity index (χ4v) is 6.08. The number of rotatable bonds is 4. The van der Waals surface area contributed by atoms with Crippen molar-refractivity contribution in [2.45, 2.75) is 13.0 Å². The number of ether oxygens (including phenoxy) is 2. The number of hydrogen-bond donors (Lipinski definition) is 3. The molecule has 1 aliphatic carbocycles. The largest absolute Gasteiger partial charge is 0.474 e. The Bertz CT molecular complexity index is 1550. The Morgan fingerprint density at radius 3 is 2.73 bits per heavy atom. The van der Waals surface area contributed by atoms with Gasteiger partial charge in [0.15, 0.2) is 5.82 Å². The van der Waals surface area contributed by atoms with Gasteiger partial charge in [0.2, 0.25) is 15.9 Å². The summed E-state index contributed by atoms with van der Waals surface area (Å²) in [4.78, 5) is 21.0. The normalized spacial score (nSPS) is 22.5. The highest BCUT2D eigenvalue weighted by Crippen LogP contribution is 2.48. The van der Waals surface area contributed by atoms with Gasteiger partial charge in [-0.3, -0.25) is 5.32 Å². The van der Waals surface area contributed by atoms with E-state index in [1.807, 2.05) is 6.92 Å². The Morgan fingerprint density at radius 2 is 2.00 bits per heavy atom. The summed E-state index contributed by atoms with van der Waals surface area (Å²) >= 11 is 0. The van der Waals surface area contributed by atoms with Crippen LogP contribution in [0.25, 0.3) is 21.9 Å². The van der Waals surface area contributed by atoms with E-state index in [1.165, 1.54) is 16.8 Å². The monoisotopic (exact) mass is 528 g/mol. The molecular formula is C24H25FN6O5S. The van der Waals surface area contributed by atoms with Gasteiger partial charge < -0.3 is 20.5 Å². The Kier molecular flexibility index (Phi) is 5.38. The zero-order valence-electron chi connectivity index (χ0n) is 20.1. The summed E-state index contributed by atoms with van der Waals surface area (Å²) in [6.45, 7) is 3.68. The van der Waals surface area contributed by atoms with Crippen molar-refractivity contribution in [3.05, 3.63) is 35.9 Å². The molecule has 3 aromatic rings. The maximum Gasteiger partial charge on any atom is 0.413 e. The molecule has 194 valence electrons. The van der Waals surface area contributed by atoms with Gasteiger partial charge in [0, 0.05) is 60.4 Å². The molecular weight excluding hydrogens is 503 g/mol. The Hall–Kier alpha value is -3.71. The number of piperidine rings is 1. The van der Waals surface area contributed by atoms with Crippen LogP contribution in [0.15, 0.2) is 24.5 Å². The number of carbonyl (C=O) groups excluding carboxylic acids is 1. The van der Waals surface area contributed by atoms with Crippen molar-refractivity contribution < 1.29 is 27.1 Å². The molecule has 2 atom stereocenters. The van der Waals surface area contributed by atoms with Crippen LogP contribution in [0.1, 0.15) is 5.56 Å². The summed E-state index contributed by atoms with van der Waals surface area (Å²) in [6, 6.07) is 3.24. The molecule has 2 aliphatic heterocycles. The van der Waals surface area contributed by atoms with E-state index in [2.05, 4.69) is 20.6 Å². The van der Waals surface area contributed by atoms with Crippen LogP contribution in [-0.2, 0) is 14.8 Å². The molecule has 3 aliphatic rings. The van der Waals surface area contributed by atoms with Crippen molar-refractivity contribution in [2.75, 3.05) is 48.9 Å². The van der Waals surface area contributed by atoms with Crippen molar-refractivity contribution in [3.8, 4) is 17.0 Å². The lowest BCUT2D eigenvalue weighted by Crippen LogP contribution is -2.32. The zero-order chi connectivity index (χ0) is 26.1. The number of nitrogens with one attached hydrogen (secondary N) is 2. The third-order valence-corrected chi connectivity index (χ3v) is 8.50. The molecule has 0 bridgehead atoms. The summed E-state index contributed by atoms with van der Waals surface area (Å²) in [5.74, 6) is 0.111. The van der Waals surface area contributed by atoms with E-state index >= 15 is 4.39 Å². The van der Waals surface area contributed by atoms with E-state index in [-0.39, 0.29) is 35.0 Å². The fourth-order valence-electron chi connectivity index (χ4n) is 5.19. The van der Waals surface area contributed by atoms with Crippen molar-refractivity contribution in [3.63, 3.8) is 0 Å². The van der Waals surface area contributed by atoms with Crippen molar-refractivity contribution in [1.29, 1.82) is 0 Å². The second kappa shape index (κ2) is 8.42. The SMILES string of the molecule is Cc1c(-c2cc3cc(NC(=O)OC4C5CN(S(C)(=O)=O)CC54)ncc3c(N)c2F)cnc2c1NCCO2. The predicted molar refractivity (Wildman–Crippen MR) is 135 cm³/mol. The summed E-state index contributed by atoms with van der Waals surface area (Å²) in [5, 5.41) is 6.83. The van der Waals surface area contributed by atoms with Crippen LogP contribution >= 0.6 is 0 Å². The van der Waals surface area contributed by atoms with Crippen LogP contribution < -0.4 is 21.1 Å².